The highest BCUT2D eigenvalue weighted by Gasteiger charge is 2.27. The molecule has 2 aromatic heterocycles. The molecule has 0 spiro atoms. The summed E-state index contributed by atoms with van der Waals surface area (Å²) >= 11 is 6.03. The van der Waals surface area contributed by atoms with Crippen LogP contribution < -0.4 is 10.2 Å². The highest BCUT2D eigenvalue weighted by molar-refractivity contribution is 6.31. The maximum atomic E-state index is 14.9. The lowest BCUT2D eigenvalue weighted by Gasteiger charge is -2.21. The van der Waals surface area contributed by atoms with Gasteiger partial charge in [-0.2, -0.15) is 5.10 Å². The van der Waals surface area contributed by atoms with Gasteiger partial charge in [-0.25, -0.2) is 19.1 Å². The van der Waals surface area contributed by atoms with Gasteiger partial charge in [-0.3, -0.25) is 9.80 Å². The van der Waals surface area contributed by atoms with Gasteiger partial charge >= 0.3 is 6.03 Å². The Morgan fingerprint density at radius 3 is 2.68 bits per heavy atom. The van der Waals surface area contributed by atoms with Crippen molar-refractivity contribution < 1.29 is 18.4 Å². The minimum absolute atomic E-state index is 0.00442. The van der Waals surface area contributed by atoms with E-state index in [1.54, 1.807) is 42.6 Å². The maximum absolute atomic E-state index is 14.9. The lowest BCUT2D eigenvalue weighted by molar-refractivity contribution is 0.0995. The van der Waals surface area contributed by atoms with Crippen molar-refractivity contribution in [1.29, 1.82) is 0 Å². The largest absolute Gasteiger partial charge is 0.467 e. The number of nitrogens with zero attached hydrogens (tertiary/aromatic N) is 4. The molecule has 0 unspecified atom stereocenters. The number of nitrogens with one attached hydrogen (secondary N) is 1. The fourth-order valence-electron chi connectivity index (χ4n) is 3.37. The number of hydrogen-bond acceptors (Lipinski definition) is 6. The van der Waals surface area contributed by atoms with Crippen molar-refractivity contribution in [1.82, 2.24) is 9.99 Å². The molecule has 0 aliphatic rings. The first-order valence-corrected chi connectivity index (χ1v) is 11.6. The predicted molar refractivity (Wildman–Crippen MR) is 144 cm³/mol. The summed E-state index contributed by atoms with van der Waals surface area (Å²) in [6.45, 7) is 0.437. The Balaban J connectivity index is 1.54. The normalized spacial score (nSPS) is 10.7. The highest BCUT2D eigenvalue weighted by atomic mass is 35.5. The summed E-state index contributed by atoms with van der Waals surface area (Å²) in [6, 6.07) is 15.9. The molecule has 4 aromatic rings. The number of halogens is 2. The van der Waals surface area contributed by atoms with Crippen LogP contribution in [0.3, 0.4) is 0 Å². The molecule has 0 radical (unpaired) electrons. The first kappa shape index (κ1) is 26.1. The van der Waals surface area contributed by atoms with E-state index in [9.17, 15) is 14.0 Å². The van der Waals surface area contributed by atoms with E-state index in [4.69, 9.17) is 22.4 Å². The lowest BCUT2D eigenvalue weighted by atomic mass is 10.2. The highest BCUT2D eigenvalue weighted by Crippen LogP contribution is 2.21. The summed E-state index contributed by atoms with van der Waals surface area (Å²) in [4.78, 5) is 31.4. The molecule has 0 saturated carbocycles. The van der Waals surface area contributed by atoms with Crippen molar-refractivity contribution in [3.63, 3.8) is 0 Å². The SMILES string of the molecule is C#Cc1ccc(N(C(=O)Nc2ccc(C=NN(C)Cc3ccco3)cc2F)C(=O)c2cccc(Cl)c2)nc1. The van der Waals surface area contributed by atoms with E-state index in [1.165, 1.54) is 48.8 Å². The van der Waals surface area contributed by atoms with Gasteiger partial charge in [-0.1, -0.05) is 29.7 Å². The van der Waals surface area contributed by atoms with E-state index in [2.05, 4.69) is 21.3 Å². The quantitative estimate of drug-likeness (QED) is 0.186. The summed E-state index contributed by atoms with van der Waals surface area (Å²) in [5, 5.41) is 8.63. The van der Waals surface area contributed by atoms with Crippen LogP contribution in [0.25, 0.3) is 0 Å². The number of hydrazone groups is 1. The van der Waals surface area contributed by atoms with Gasteiger partial charge < -0.3 is 9.73 Å². The number of urea groups is 1. The number of carbonyl (C=O) groups excluding carboxylic acids is 2. The van der Waals surface area contributed by atoms with Crippen molar-refractivity contribution in [2.24, 2.45) is 5.10 Å². The minimum Gasteiger partial charge on any atom is -0.467 e. The number of hydrogen-bond donors (Lipinski definition) is 1. The van der Waals surface area contributed by atoms with Gasteiger partial charge in [-0.15, -0.1) is 6.42 Å². The molecule has 0 aliphatic carbocycles. The zero-order valence-electron chi connectivity index (χ0n) is 20.1. The Morgan fingerprint density at radius 1 is 1.18 bits per heavy atom. The monoisotopic (exact) mass is 529 g/mol. The Morgan fingerprint density at radius 2 is 2.03 bits per heavy atom. The van der Waals surface area contributed by atoms with Gasteiger partial charge in [0.15, 0.2) is 0 Å². The van der Waals surface area contributed by atoms with Crippen molar-refractivity contribution >= 4 is 41.3 Å². The average molecular weight is 530 g/mol. The molecule has 1 N–H and O–H groups in total. The number of carbonyl (C=O) groups is 2. The summed E-state index contributed by atoms with van der Waals surface area (Å²) in [6.07, 6.45) is 9.77. The van der Waals surface area contributed by atoms with Crippen LogP contribution in [0, 0.1) is 18.2 Å². The second-order valence-corrected chi connectivity index (χ2v) is 8.45. The van der Waals surface area contributed by atoms with E-state index in [1.807, 2.05) is 6.07 Å². The third-order valence-electron chi connectivity index (χ3n) is 5.22. The van der Waals surface area contributed by atoms with Gasteiger partial charge in [0, 0.05) is 29.4 Å². The number of terminal acetylenes is 1. The molecule has 4 rings (SSSR count). The number of aromatic nitrogens is 1. The summed E-state index contributed by atoms with van der Waals surface area (Å²) in [7, 11) is 1.75. The Bertz CT molecular complexity index is 1510. The first-order valence-electron chi connectivity index (χ1n) is 11.2. The Kier molecular flexibility index (Phi) is 8.16. The molecular weight excluding hydrogens is 509 g/mol. The molecule has 0 atom stereocenters. The van der Waals surface area contributed by atoms with Gasteiger partial charge in [-0.05, 0) is 60.2 Å². The van der Waals surface area contributed by atoms with Crippen molar-refractivity contribution in [3.8, 4) is 12.3 Å². The van der Waals surface area contributed by atoms with Crippen LogP contribution in [0.5, 0.6) is 0 Å². The third-order valence-corrected chi connectivity index (χ3v) is 5.46. The van der Waals surface area contributed by atoms with E-state index < -0.39 is 17.8 Å². The number of pyridine rings is 1. The van der Waals surface area contributed by atoms with E-state index in [0.29, 0.717) is 22.7 Å². The van der Waals surface area contributed by atoms with Crippen LogP contribution in [0.4, 0.5) is 20.7 Å². The maximum Gasteiger partial charge on any atom is 0.334 e. The predicted octanol–water partition coefficient (Wildman–Crippen LogP) is 5.79. The minimum atomic E-state index is -0.922. The van der Waals surface area contributed by atoms with Crippen LogP contribution in [-0.2, 0) is 6.54 Å². The summed E-state index contributed by atoms with van der Waals surface area (Å²) in [5.41, 5.74) is 0.925. The summed E-state index contributed by atoms with van der Waals surface area (Å²) < 4.78 is 20.2. The lowest BCUT2D eigenvalue weighted by Crippen LogP contribution is -2.41. The number of anilines is 2. The van der Waals surface area contributed by atoms with E-state index >= 15 is 0 Å². The van der Waals surface area contributed by atoms with Crippen molar-refractivity contribution in [2.75, 3.05) is 17.3 Å². The van der Waals surface area contributed by atoms with Crippen LogP contribution >= 0.6 is 11.6 Å². The average Bonchev–Trinajstić information content (AvgIpc) is 3.42. The molecule has 3 amide bonds. The van der Waals surface area contributed by atoms with Crippen LogP contribution in [0.15, 0.2) is 88.7 Å². The molecule has 0 saturated heterocycles. The summed E-state index contributed by atoms with van der Waals surface area (Å²) in [5.74, 6) is 1.71. The standard InChI is InChI=1S/C28H21ClFN5O3/c1-3-19-10-12-26(31-16-19)35(27(36)21-6-4-7-22(29)15-21)28(37)33-25-11-9-20(14-24(25)30)17-32-34(2)18-23-8-5-13-38-23/h1,4-17H,18H2,2H3,(H,33,37). The molecule has 8 nitrogen and oxygen atoms in total. The second-order valence-electron chi connectivity index (χ2n) is 8.01. The molecule has 0 fully saturated rings. The first-order chi connectivity index (χ1) is 18.3. The Hall–Kier alpha value is -4.94. The zero-order valence-corrected chi connectivity index (χ0v) is 20.9. The topological polar surface area (TPSA) is 91.0 Å². The molecule has 10 heteroatoms. The molecular formula is C28H21ClFN5O3. The van der Waals surface area contributed by atoms with Gasteiger partial charge in [0.25, 0.3) is 5.91 Å². The van der Waals surface area contributed by atoms with Crippen LogP contribution in [0.1, 0.15) is 27.2 Å². The zero-order chi connectivity index (χ0) is 27.1. The van der Waals surface area contributed by atoms with E-state index in [-0.39, 0.29) is 17.1 Å². The molecule has 190 valence electrons. The number of benzene rings is 2. The number of rotatable bonds is 7. The molecule has 38 heavy (non-hydrogen) atoms. The van der Waals surface area contributed by atoms with Gasteiger partial charge in [0.2, 0.25) is 0 Å². The molecule has 0 bridgehead atoms. The van der Waals surface area contributed by atoms with E-state index in [0.717, 1.165) is 10.7 Å². The number of imide groups is 1. The van der Waals surface area contributed by atoms with Crippen LogP contribution in [0.2, 0.25) is 5.02 Å². The van der Waals surface area contributed by atoms with Crippen LogP contribution in [-0.4, -0.2) is 35.2 Å². The molecule has 2 heterocycles. The number of furan rings is 1. The third kappa shape index (κ3) is 6.43. The fourth-order valence-corrected chi connectivity index (χ4v) is 3.56. The number of amides is 3. The van der Waals surface area contributed by atoms with Gasteiger partial charge in [0.05, 0.1) is 24.7 Å². The molecule has 0 aliphatic heterocycles. The molecule has 2 aromatic carbocycles. The fraction of sp³-hybridized carbons (Fsp3) is 0.0714. The smallest absolute Gasteiger partial charge is 0.334 e. The Labute approximate surface area is 223 Å². The van der Waals surface area contributed by atoms with Gasteiger partial charge in [0.1, 0.15) is 17.4 Å². The second kappa shape index (κ2) is 11.9. The van der Waals surface area contributed by atoms with Crippen molar-refractivity contribution in [2.45, 2.75) is 6.54 Å². The van der Waals surface area contributed by atoms with Crippen molar-refractivity contribution in [3.05, 3.63) is 112 Å².